The van der Waals surface area contributed by atoms with Crippen LogP contribution in [0.3, 0.4) is 0 Å². The molecule has 3 N–H and O–H groups in total. The van der Waals surface area contributed by atoms with E-state index in [2.05, 4.69) is 15.6 Å². The van der Waals surface area contributed by atoms with Crippen molar-refractivity contribution in [3.8, 4) is 0 Å². The Morgan fingerprint density at radius 1 is 1.00 bits per heavy atom. The summed E-state index contributed by atoms with van der Waals surface area (Å²) in [5, 5.41) is 14.1. The van der Waals surface area contributed by atoms with E-state index in [0.29, 0.717) is 23.5 Å². The molecule has 0 spiro atoms. The molecule has 2 aromatic carbocycles. The van der Waals surface area contributed by atoms with Crippen molar-refractivity contribution >= 4 is 58.8 Å². The van der Waals surface area contributed by atoms with Crippen molar-refractivity contribution in [1.29, 1.82) is 0 Å². The summed E-state index contributed by atoms with van der Waals surface area (Å²) in [6.45, 7) is 0.696. The first-order valence-corrected chi connectivity index (χ1v) is 13.4. The summed E-state index contributed by atoms with van der Waals surface area (Å²) < 4.78 is 14.2. The highest BCUT2D eigenvalue weighted by Crippen LogP contribution is 2.28. The quantitative estimate of drug-likeness (QED) is 0.198. The summed E-state index contributed by atoms with van der Waals surface area (Å²) in [6, 6.07) is 13.9. The van der Waals surface area contributed by atoms with Gasteiger partial charge in [0, 0.05) is 30.7 Å². The largest absolute Gasteiger partial charge is 0.480 e. The number of amides is 4. The highest BCUT2D eigenvalue weighted by molar-refractivity contribution is 6.35. The molecule has 0 saturated carbocycles. The molecule has 3 rings (SSSR count). The van der Waals surface area contributed by atoms with Gasteiger partial charge in [0.25, 0.3) is 5.91 Å². The lowest BCUT2D eigenvalue weighted by Crippen LogP contribution is -2.34. The molecule has 0 bridgehead atoms. The van der Waals surface area contributed by atoms with Gasteiger partial charge in [-0.1, -0.05) is 42.8 Å². The van der Waals surface area contributed by atoms with Crippen molar-refractivity contribution < 1.29 is 33.5 Å². The fourth-order valence-corrected chi connectivity index (χ4v) is 4.32. The Hall–Kier alpha value is -5.10. The van der Waals surface area contributed by atoms with Gasteiger partial charge in [0.2, 0.25) is 18.2 Å². The predicted molar refractivity (Wildman–Crippen MR) is 158 cm³/mol. The number of carboxylic acid groups (broad SMARTS) is 1. The molecule has 1 heterocycles. The zero-order valence-electron chi connectivity index (χ0n) is 23.3. The number of rotatable bonds is 13. The zero-order chi connectivity index (χ0) is 31.5. The van der Waals surface area contributed by atoms with Crippen molar-refractivity contribution in [3.05, 3.63) is 94.5 Å². The van der Waals surface area contributed by atoms with Gasteiger partial charge in [0.1, 0.15) is 24.7 Å². The summed E-state index contributed by atoms with van der Waals surface area (Å²) in [7, 11) is 1.21. The summed E-state index contributed by atoms with van der Waals surface area (Å²) in [4.78, 5) is 67.5. The molecule has 0 unspecified atom stereocenters. The predicted octanol–water partition coefficient (Wildman–Crippen LogP) is 3.60. The number of likely N-dealkylation sites (N-methyl/N-ethyl adjacent to an activating group) is 1. The molecule has 11 nitrogen and oxygen atoms in total. The third-order valence-corrected chi connectivity index (χ3v) is 6.49. The molecule has 3 aromatic rings. The van der Waals surface area contributed by atoms with E-state index in [9.17, 15) is 28.4 Å². The van der Waals surface area contributed by atoms with E-state index in [4.69, 9.17) is 16.7 Å². The Labute approximate surface area is 252 Å². The van der Waals surface area contributed by atoms with Gasteiger partial charge in [0.05, 0.1) is 17.0 Å². The van der Waals surface area contributed by atoms with Crippen LogP contribution in [-0.2, 0) is 36.8 Å². The van der Waals surface area contributed by atoms with Crippen LogP contribution in [0, 0.1) is 5.82 Å². The fraction of sp³-hybridized carbons (Fsp3) is 0.200. The SMILES string of the molecule is CCc1ccc(NC(=O)CN(C=O)/C=C(\C(=O)N(C)CC(=O)O)c2cccc(F)c2Cl)cc1CC(=O)Nc1ccccn1. The summed E-state index contributed by atoms with van der Waals surface area (Å²) in [5.41, 5.74) is 1.54. The number of aryl methyl sites for hydroxylation is 1. The maximum absolute atomic E-state index is 14.2. The van der Waals surface area contributed by atoms with Crippen LogP contribution >= 0.6 is 11.6 Å². The molecule has 0 fully saturated rings. The van der Waals surface area contributed by atoms with Crippen molar-refractivity contribution in [2.75, 3.05) is 30.8 Å². The van der Waals surface area contributed by atoms with Gasteiger partial charge in [-0.05, 0) is 47.9 Å². The Kier molecular flexibility index (Phi) is 11.5. The van der Waals surface area contributed by atoms with Crippen molar-refractivity contribution in [3.63, 3.8) is 0 Å². The van der Waals surface area contributed by atoms with Gasteiger partial charge < -0.3 is 25.5 Å². The van der Waals surface area contributed by atoms with E-state index >= 15 is 0 Å². The van der Waals surface area contributed by atoms with Crippen LogP contribution in [0.4, 0.5) is 15.9 Å². The number of aromatic nitrogens is 1. The van der Waals surface area contributed by atoms with Crippen LogP contribution in [0.25, 0.3) is 5.57 Å². The van der Waals surface area contributed by atoms with Crippen LogP contribution < -0.4 is 10.6 Å². The van der Waals surface area contributed by atoms with Crippen molar-refractivity contribution in [2.24, 2.45) is 0 Å². The van der Waals surface area contributed by atoms with Gasteiger partial charge in [-0.2, -0.15) is 0 Å². The first-order chi connectivity index (χ1) is 20.5. The molecule has 224 valence electrons. The maximum atomic E-state index is 14.2. The average Bonchev–Trinajstić information content (AvgIpc) is 2.96. The van der Waals surface area contributed by atoms with Crippen LogP contribution in [0.5, 0.6) is 0 Å². The Morgan fingerprint density at radius 2 is 1.77 bits per heavy atom. The smallest absolute Gasteiger partial charge is 0.323 e. The minimum absolute atomic E-state index is 0.0242. The molecule has 13 heteroatoms. The lowest BCUT2D eigenvalue weighted by atomic mass is 10.0. The minimum Gasteiger partial charge on any atom is -0.480 e. The second kappa shape index (κ2) is 15.2. The number of benzene rings is 2. The van der Waals surface area contributed by atoms with Crippen LogP contribution in [-0.4, -0.2) is 70.1 Å². The zero-order valence-corrected chi connectivity index (χ0v) is 24.1. The van der Waals surface area contributed by atoms with Gasteiger partial charge in [-0.25, -0.2) is 9.37 Å². The summed E-state index contributed by atoms with van der Waals surface area (Å²) in [5.74, 6) is -3.54. The normalized spacial score (nSPS) is 10.9. The number of nitrogens with one attached hydrogen (secondary N) is 2. The molecule has 0 aliphatic carbocycles. The topological polar surface area (TPSA) is 149 Å². The highest BCUT2D eigenvalue weighted by Gasteiger charge is 2.23. The number of halogens is 2. The fourth-order valence-electron chi connectivity index (χ4n) is 4.09. The van der Waals surface area contributed by atoms with Crippen LogP contribution in [0.1, 0.15) is 23.6 Å². The lowest BCUT2D eigenvalue weighted by molar-refractivity contribution is -0.141. The van der Waals surface area contributed by atoms with Crippen molar-refractivity contribution in [1.82, 2.24) is 14.8 Å². The van der Waals surface area contributed by atoms with E-state index in [1.807, 2.05) is 6.92 Å². The van der Waals surface area contributed by atoms with E-state index in [1.54, 1.807) is 42.6 Å². The third-order valence-electron chi connectivity index (χ3n) is 6.10. The second-order valence-corrected chi connectivity index (χ2v) is 9.68. The van der Waals surface area contributed by atoms with Crippen LogP contribution in [0.15, 0.2) is 67.0 Å². The highest BCUT2D eigenvalue weighted by atomic mass is 35.5. The number of carbonyl (C=O) groups excluding carboxylic acids is 4. The number of carbonyl (C=O) groups is 5. The molecule has 0 aliphatic heterocycles. The number of aliphatic carboxylic acids is 1. The molecule has 0 radical (unpaired) electrons. The van der Waals surface area contributed by atoms with E-state index in [1.165, 1.54) is 19.2 Å². The molecule has 4 amide bonds. The van der Waals surface area contributed by atoms with Gasteiger partial charge in [-0.3, -0.25) is 24.0 Å². The number of hydrogen-bond acceptors (Lipinski definition) is 6. The second-order valence-electron chi connectivity index (χ2n) is 9.30. The first kappa shape index (κ1) is 32.4. The molecular formula is C30H29ClFN5O6. The average molecular weight is 610 g/mol. The Balaban J connectivity index is 1.81. The van der Waals surface area contributed by atoms with E-state index in [-0.39, 0.29) is 29.9 Å². The molecule has 1 aromatic heterocycles. The van der Waals surface area contributed by atoms with E-state index in [0.717, 1.165) is 27.6 Å². The number of carboxylic acids is 1. The summed E-state index contributed by atoms with van der Waals surface area (Å²) >= 11 is 6.08. The summed E-state index contributed by atoms with van der Waals surface area (Å²) in [6.07, 6.45) is 3.50. The molecule has 0 atom stereocenters. The first-order valence-electron chi connectivity index (χ1n) is 13.0. The van der Waals surface area contributed by atoms with Gasteiger partial charge in [-0.15, -0.1) is 0 Å². The third kappa shape index (κ3) is 9.20. The Morgan fingerprint density at radius 3 is 2.42 bits per heavy atom. The standard InChI is InChI=1S/C30H29ClFN5O6/c1-3-19-10-11-21(13-20(19)14-26(39)35-25-9-4-5-12-33-25)34-27(40)16-37(18-38)15-23(30(43)36(2)17-28(41)42)22-7-6-8-24(32)29(22)31/h4-13,15,18H,3,14,16-17H2,1-2H3,(H,34,40)(H,41,42)(H,33,35,39)/b23-15-. The molecule has 43 heavy (non-hydrogen) atoms. The van der Waals surface area contributed by atoms with Crippen LogP contribution in [0.2, 0.25) is 5.02 Å². The monoisotopic (exact) mass is 609 g/mol. The number of hydrogen-bond donors (Lipinski definition) is 3. The number of nitrogens with zero attached hydrogens (tertiary/aromatic N) is 3. The maximum Gasteiger partial charge on any atom is 0.323 e. The van der Waals surface area contributed by atoms with Crippen molar-refractivity contribution in [2.45, 2.75) is 19.8 Å². The van der Waals surface area contributed by atoms with Gasteiger partial charge >= 0.3 is 5.97 Å². The number of anilines is 2. The van der Waals surface area contributed by atoms with Gasteiger partial charge in [0.15, 0.2) is 0 Å². The number of pyridine rings is 1. The van der Waals surface area contributed by atoms with E-state index < -0.39 is 41.7 Å². The lowest BCUT2D eigenvalue weighted by Gasteiger charge is -2.20. The molecule has 0 aliphatic rings. The molecular weight excluding hydrogens is 581 g/mol. The minimum atomic E-state index is -1.30. The Bertz CT molecular complexity index is 1550. The molecule has 0 saturated heterocycles.